The normalized spacial score (nSPS) is 18.5. The Morgan fingerprint density at radius 1 is 1.19 bits per heavy atom. The van der Waals surface area contributed by atoms with Crippen molar-refractivity contribution < 1.29 is 14.3 Å². The van der Waals surface area contributed by atoms with E-state index >= 15 is 0 Å². The van der Waals surface area contributed by atoms with Crippen LogP contribution in [-0.2, 0) is 0 Å². The van der Waals surface area contributed by atoms with Crippen molar-refractivity contribution in [1.29, 1.82) is 0 Å². The van der Waals surface area contributed by atoms with E-state index in [0.717, 1.165) is 68.6 Å². The third-order valence-electron chi connectivity index (χ3n) is 7.23. The summed E-state index contributed by atoms with van der Waals surface area (Å²) < 4.78 is 14.8. The van der Waals surface area contributed by atoms with Gasteiger partial charge in [0.2, 0.25) is 0 Å². The molecule has 1 atom stereocenters. The zero-order chi connectivity index (χ0) is 25.7. The fraction of sp³-hybridized carbons (Fsp3) is 0.433. The number of hydrogen-bond donors (Lipinski definition) is 2. The van der Waals surface area contributed by atoms with Crippen molar-refractivity contribution in [1.82, 2.24) is 15.1 Å². The minimum Gasteiger partial charge on any atom is -0.508 e. The lowest BCUT2D eigenvalue weighted by Gasteiger charge is -2.36. The Balaban J connectivity index is 1.81. The maximum Gasteiger partial charge on any atom is 0.191 e. The molecule has 2 heterocycles. The van der Waals surface area contributed by atoms with E-state index in [2.05, 4.69) is 35.4 Å². The van der Waals surface area contributed by atoms with Crippen LogP contribution in [0.2, 0.25) is 0 Å². The van der Waals surface area contributed by atoms with Gasteiger partial charge in [-0.1, -0.05) is 24.3 Å². The van der Waals surface area contributed by atoms with Gasteiger partial charge in [0.05, 0.1) is 0 Å². The number of rotatable bonds is 9. The number of carbonyl (C=O) groups is 1. The Labute approximate surface area is 214 Å². The molecule has 0 saturated carbocycles. The second-order valence-electron chi connectivity index (χ2n) is 10.3. The van der Waals surface area contributed by atoms with Crippen molar-refractivity contribution in [2.45, 2.75) is 32.6 Å². The van der Waals surface area contributed by atoms with Crippen molar-refractivity contribution in [3.8, 4) is 5.75 Å². The Morgan fingerprint density at radius 2 is 2.00 bits per heavy atom. The number of phenolic OH excluding ortho intramolecular Hbond substituents is 1. The lowest BCUT2D eigenvalue weighted by molar-refractivity contribution is 0.102. The number of ketones is 1. The number of carbonyl (C=O) groups excluding carboxylic acids is 1. The highest BCUT2D eigenvalue weighted by Gasteiger charge is 2.32. The minimum atomic E-state index is -0.267. The molecule has 2 aromatic carbocycles. The molecule has 0 aromatic heterocycles. The second-order valence-corrected chi connectivity index (χ2v) is 10.3. The summed E-state index contributed by atoms with van der Waals surface area (Å²) in [6, 6.07) is 11.7. The average Bonchev–Trinajstić information content (AvgIpc) is 2.88. The van der Waals surface area contributed by atoms with Gasteiger partial charge in [0.15, 0.2) is 5.78 Å². The maximum atomic E-state index is 14.8. The number of unbranched alkanes of at least 4 members (excludes halogenated alkanes) is 1. The molecule has 192 valence electrons. The zero-order valence-corrected chi connectivity index (χ0v) is 21.7. The number of piperidine rings is 1. The van der Waals surface area contributed by atoms with Crippen molar-refractivity contribution in [3.63, 3.8) is 0 Å². The Kier molecular flexibility index (Phi) is 8.60. The Hall–Kier alpha value is -2.96. The molecule has 2 N–H and O–H groups in total. The van der Waals surface area contributed by atoms with Gasteiger partial charge >= 0.3 is 0 Å². The first-order valence-corrected chi connectivity index (χ1v) is 13.0. The fourth-order valence-electron chi connectivity index (χ4n) is 5.28. The van der Waals surface area contributed by atoms with Gasteiger partial charge in [-0.3, -0.25) is 4.79 Å². The van der Waals surface area contributed by atoms with E-state index in [4.69, 9.17) is 0 Å². The number of halogens is 1. The number of Topliss-reactive ketones (excluding diaryl/α,β-unsaturated/α-hetero) is 1. The van der Waals surface area contributed by atoms with Crippen LogP contribution in [0.4, 0.5) is 4.39 Å². The van der Waals surface area contributed by atoms with E-state index < -0.39 is 0 Å². The molecular formula is C30H38FN3O2. The summed E-state index contributed by atoms with van der Waals surface area (Å²) in [5, 5.41) is 13.6. The number of benzene rings is 2. The predicted octanol–water partition coefficient (Wildman–Crippen LogP) is 5.02. The summed E-state index contributed by atoms with van der Waals surface area (Å²) in [5.41, 5.74) is 4.43. The fourth-order valence-corrected chi connectivity index (χ4v) is 5.28. The van der Waals surface area contributed by atoms with Crippen LogP contribution in [0.5, 0.6) is 5.75 Å². The van der Waals surface area contributed by atoms with E-state index in [0.29, 0.717) is 23.2 Å². The first-order chi connectivity index (χ1) is 17.3. The summed E-state index contributed by atoms with van der Waals surface area (Å²) in [5.74, 6) is -0.0740. The quantitative estimate of drug-likeness (QED) is 0.381. The van der Waals surface area contributed by atoms with E-state index in [1.807, 2.05) is 6.07 Å². The Bertz CT molecular complexity index is 1150. The van der Waals surface area contributed by atoms with E-state index in [1.165, 1.54) is 12.1 Å². The summed E-state index contributed by atoms with van der Waals surface area (Å²) in [4.78, 5) is 18.4. The topological polar surface area (TPSA) is 55.8 Å². The van der Waals surface area contributed by atoms with Crippen LogP contribution in [0.15, 0.2) is 59.8 Å². The van der Waals surface area contributed by atoms with Crippen molar-refractivity contribution in [3.05, 3.63) is 82.3 Å². The van der Waals surface area contributed by atoms with E-state index in [1.54, 1.807) is 31.2 Å². The van der Waals surface area contributed by atoms with Crippen LogP contribution in [0.1, 0.15) is 47.2 Å². The standard InChI is InChI=1S/C30H38FN3O2/c1-21-25(12-7-13-28(21)31)29-26(23-10-8-14-32-18-23)19-34(16-5-4-15-33(2)3)20-27(29)30(36)22-9-6-11-24(35)17-22/h6-7,9,11-13,17,19,23,32,35H,4-5,8,10,14-16,18,20H2,1-3H3. The molecule has 0 aliphatic carbocycles. The van der Waals surface area contributed by atoms with Gasteiger partial charge in [0.25, 0.3) is 0 Å². The summed E-state index contributed by atoms with van der Waals surface area (Å²) >= 11 is 0. The molecule has 1 fully saturated rings. The van der Waals surface area contributed by atoms with Crippen LogP contribution >= 0.6 is 0 Å². The molecule has 4 rings (SSSR count). The van der Waals surface area contributed by atoms with Gasteiger partial charge in [0, 0.05) is 37.0 Å². The van der Waals surface area contributed by atoms with Crippen LogP contribution in [0.3, 0.4) is 0 Å². The van der Waals surface area contributed by atoms with Crippen LogP contribution in [0, 0.1) is 18.7 Å². The Morgan fingerprint density at radius 3 is 2.72 bits per heavy atom. The third kappa shape index (κ3) is 6.05. The predicted molar refractivity (Wildman–Crippen MR) is 144 cm³/mol. The monoisotopic (exact) mass is 491 g/mol. The highest BCUT2D eigenvalue weighted by Crippen LogP contribution is 2.40. The van der Waals surface area contributed by atoms with Gasteiger partial charge in [0.1, 0.15) is 11.6 Å². The van der Waals surface area contributed by atoms with Crippen molar-refractivity contribution in [2.75, 3.05) is 46.8 Å². The van der Waals surface area contributed by atoms with Crippen LogP contribution in [0.25, 0.3) is 5.57 Å². The first kappa shape index (κ1) is 26.1. The van der Waals surface area contributed by atoms with Crippen molar-refractivity contribution in [2.24, 2.45) is 5.92 Å². The molecule has 0 amide bonds. The number of phenols is 1. The number of hydrogen-bond acceptors (Lipinski definition) is 5. The lowest BCUT2D eigenvalue weighted by Crippen LogP contribution is -2.36. The molecule has 6 heteroatoms. The second kappa shape index (κ2) is 11.8. The molecule has 2 aliphatic heterocycles. The smallest absolute Gasteiger partial charge is 0.191 e. The molecule has 2 aromatic rings. The largest absolute Gasteiger partial charge is 0.508 e. The van der Waals surface area contributed by atoms with Gasteiger partial charge in [-0.15, -0.1) is 0 Å². The van der Waals surface area contributed by atoms with Gasteiger partial charge in [-0.2, -0.15) is 0 Å². The van der Waals surface area contributed by atoms with Crippen LogP contribution < -0.4 is 5.32 Å². The zero-order valence-electron chi connectivity index (χ0n) is 21.7. The SMILES string of the molecule is Cc1c(F)cccc1C1=C(C(=O)c2cccc(O)c2)CN(CCCCN(C)C)C=C1C1CCCNC1. The highest BCUT2D eigenvalue weighted by atomic mass is 19.1. The molecule has 2 aliphatic rings. The molecule has 1 unspecified atom stereocenters. The average molecular weight is 492 g/mol. The number of aromatic hydroxyl groups is 1. The van der Waals surface area contributed by atoms with E-state index in [9.17, 15) is 14.3 Å². The molecule has 1 saturated heterocycles. The number of nitrogens with one attached hydrogen (secondary N) is 1. The first-order valence-electron chi connectivity index (χ1n) is 13.0. The maximum absolute atomic E-state index is 14.8. The van der Waals surface area contributed by atoms with Gasteiger partial charge in [-0.25, -0.2) is 4.39 Å². The van der Waals surface area contributed by atoms with Gasteiger partial charge in [-0.05, 0) is 106 Å². The van der Waals surface area contributed by atoms with Gasteiger partial charge < -0.3 is 20.2 Å². The minimum absolute atomic E-state index is 0.0635. The molecule has 36 heavy (non-hydrogen) atoms. The molecule has 5 nitrogen and oxygen atoms in total. The number of allylic oxidation sites excluding steroid dienone is 1. The molecule has 0 radical (unpaired) electrons. The summed E-state index contributed by atoms with van der Waals surface area (Å²) in [7, 11) is 4.16. The highest BCUT2D eigenvalue weighted by molar-refractivity contribution is 6.15. The summed E-state index contributed by atoms with van der Waals surface area (Å²) in [6.45, 7) is 5.96. The van der Waals surface area contributed by atoms with Crippen molar-refractivity contribution >= 4 is 11.4 Å². The summed E-state index contributed by atoms with van der Waals surface area (Å²) in [6.07, 6.45) is 6.42. The molecule has 0 spiro atoms. The molecular weight excluding hydrogens is 453 g/mol. The lowest BCUT2D eigenvalue weighted by atomic mass is 9.78. The van der Waals surface area contributed by atoms with E-state index in [-0.39, 0.29) is 23.3 Å². The third-order valence-corrected chi connectivity index (χ3v) is 7.23. The van der Waals surface area contributed by atoms with Crippen LogP contribution in [-0.4, -0.2) is 67.5 Å². The molecule has 0 bridgehead atoms. The number of nitrogens with zero attached hydrogens (tertiary/aromatic N) is 2.